The van der Waals surface area contributed by atoms with E-state index in [2.05, 4.69) is 5.10 Å². The van der Waals surface area contributed by atoms with Gasteiger partial charge in [-0.3, -0.25) is 4.79 Å². The fourth-order valence-electron chi connectivity index (χ4n) is 4.10. The van der Waals surface area contributed by atoms with Crippen LogP contribution in [0.4, 0.5) is 4.39 Å². The fourth-order valence-corrected chi connectivity index (χ4v) is 4.10. The highest BCUT2D eigenvalue weighted by Crippen LogP contribution is 2.34. The maximum atomic E-state index is 13.2. The lowest BCUT2D eigenvalue weighted by molar-refractivity contribution is -0.160. The van der Waals surface area contributed by atoms with E-state index in [9.17, 15) is 19.1 Å². The van der Waals surface area contributed by atoms with Crippen molar-refractivity contribution in [3.63, 3.8) is 0 Å². The van der Waals surface area contributed by atoms with Crippen LogP contribution < -0.4 is 0 Å². The van der Waals surface area contributed by atoms with Crippen LogP contribution in [-0.2, 0) is 16.0 Å². The van der Waals surface area contributed by atoms with E-state index in [1.807, 2.05) is 13.8 Å². The van der Waals surface area contributed by atoms with Gasteiger partial charge in [-0.25, -0.2) is 13.9 Å². The quantitative estimate of drug-likeness (QED) is 0.853. The van der Waals surface area contributed by atoms with Crippen LogP contribution in [0.25, 0.3) is 5.69 Å². The van der Waals surface area contributed by atoms with Gasteiger partial charge in [0, 0.05) is 18.3 Å². The number of carbonyl (C=O) groups excluding carboxylic acids is 1. The largest absolute Gasteiger partial charge is 0.479 e. The highest BCUT2D eigenvalue weighted by atomic mass is 19.1. The number of hydrogen-bond donors (Lipinski definition) is 1. The van der Waals surface area contributed by atoms with E-state index in [4.69, 9.17) is 0 Å². The SMILES string of the molecule is Cc1nn(-c2ccc(F)cc2)c(C)c1CC(=O)N(C)C1(C(=O)O)CCCCC1. The van der Waals surface area contributed by atoms with Crippen molar-refractivity contribution in [1.82, 2.24) is 14.7 Å². The molecule has 1 aliphatic carbocycles. The van der Waals surface area contributed by atoms with E-state index in [-0.39, 0.29) is 18.1 Å². The Hall–Kier alpha value is -2.70. The smallest absolute Gasteiger partial charge is 0.329 e. The molecular weight excluding hydrogens is 361 g/mol. The van der Waals surface area contributed by atoms with Crippen LogP contribution in [0.5, 0.6) is 0 Å². The van der Waals surface area contributed by atoms with Gasteiger partial charge < -0.3 is 10.0 Å². The van der Waals surface area contributed by atoms with Crippen molar-refractivity contribution in [3.8, 4) is 5.69 Å². The Balaban J connectivity index is 1.86. The van der Waals surface area contributed by atoms with Gasteiger partial charge in [-0.1, -0.05) is 19.3 Å². The molecule has 1 aliphatic rings. The summed E-state index contributed by atoms with van der Waals surface area (Å²) in [7, 11) is 1.59. The van der Waals surface area contributed by atoms with Crippen LogP contribution >= 0.6 is 0 Å². The Labute approximate surface area is 164 Å². The maximum absolute atomic E-state index is 13.2. The van der Waals surface area contributed by atoms with Gasteiger partial charge >= 0.3 is 5.97 Å². The van der Waals surface area contributed by atoms with Crippen LogP contribution in [0.3, 0.4) is 0 Å². The molecule has 3 rings (SSSR count). The second kappa shape index (κ2) is 7.73. The number of aromatic nitrogens is 2. The van der Waals surface area contributed by atoms with Crippen LogP contribution in [0.2, 0.25) is 0 Å². The number of carbonyl (C=O) groups is 2. The summed E-state index contributed by atoms with van der Waals surface area (Å²) < 4.78 is 14.9. The molecule has 0 radical (unpaired) electrons. The average Bonchev–Trinajstić information content (AvgIpc) is 2.96. The zero-order chi connectivity index (χ0) is 20.5. The number of likely N-dealkylation sites (N-methyl/N-ethyl adjacent to an activating group) is 1. The number of rotatable bonds is 5. The highest BCUT2D eigenvalue weighted by Gasteiger charge is 2.45. The van der Waals surface area contributed by atoms with E-state index >= 15 is 0 Å². The first-order valence-electron chi connectivity index (χ1n) is 9.57. The van der Waals surface area contributed by atoms with Crippen molar-refractivity contribution in [2.45, 2.75) is 57.9 Å². The number of hydrogen-bond acceptors (Lipinski definition) is 3. The lowest BCUT2D eigenvalue weighted by atomic mass is 9.80. The van der Waals surface area contributed by atoms with Gasteiger partial charge in [0.1, 0.15) is 11.4 Å². The summed E-state index contributed by atoms with van der Waals surface area (Å²) in [6.45, 7) is 3.68. The third kappa shape index (κ3) is 3.53. The molecule has 2 aromatic rings. The van der Waals surface area contributed by atoms with Crippen LogP contribution in [0, 0.1) is 19.7 Å². The van der Waals surface area contributed by atoms with Gasteiger partial charge in [-0.05, 0) is 51.0 Å². The van der Waals surface area contributed by atoms with E-state index in [0.29, 0.717) is 24.2 Å². The van der Waals surface area contributed by atoms with Gasteiger partial charge in [0.15, 0.2) is 0 Å². The zero-order valence-corrected chi connectivity index (χ0v) is 16.5. The summed E-state index contributed by atoms with van der Waals surface area (Å²) in [4.78, 5) is 26.4. The predicted octanol–water partition coefficient (Wildman–Crippen LogP) is 3.42. The molecule has 6 nitrogen and oxygen atoms in total. The molecule has 1 aromatic heterocycles. The molecule has 1 fully saturated rings. The predicted molar refractivity (Wildman–Crippen MR) is 103 cm³/mol. The number of carboxylic acid groups (broad SMARTS) is 1. The van der Waals surface area contributed by atoms with E-state index < -0.39 is 11.5 Å². The first-order chi connectivity index (χ1) is 13.3. The molecule has 0 aliphatic heterocycles. The summed E-state index contributed by atoms with van der Waals surface area (Å²) in [5, 5.41) is 14.3. The molecule has 1 heterocycles. The molecule has 1 saturated carbocycles. The summed E-state index contributed by atoms with van der Waals surface area (Å²) >= 11 is 0. The number of amides is 1. The lowest BCUT2D eigenvalue weighted by Crippen LogP contribution is -2.56. The minimum Gasteiger partial charge on any atom is -0.479 e. The molecule has 7 heteroatoms. The number of aliphatic carboxylic acids is 1. The summed E-state index contributed by atoms with van der Waals surface area (Å²) in [6.07, 6.45) is 3.67. The minimum absolute atomic E-state index is 0.0877. The summed E-state index contributed by atoms with van der Waals surface area (Å²) in [5.41, 5.74) is 1.86. The monoisotopic (exact) mass is 387 g/mol. The Morgan fingerprint density at radius 1 is 1.18 bits per heavy atom. The third-order valence-electron chi connectivity index (χ3n) is 5.94. The third-order valence-corrected chi connectivity index (χ3v) is 5.94. The topological polar surface area (TPSA) is 75.4 Å². The number of benzene rings is 1. The Kier molecular flexibility index (Phi) is 5.54. The Morgan fingerprint density at radius 3 is 2.36 bits per heavy atom. The van der Waals surface area contributed by atoms with Crippen molar-refractivity contribution < 1.29 is 19.1 Å². The number of aryl methyl sites for hydroxylation is 1. The minimum atomic E-state index is -1.12. The van der Waals surface area contributed by atoms with Crippen molar-refractivity contribution in [2.75, 3.05) is 7.05 Å². The molecule has 0 atom stereocenters. The van der Waals surface area contributed by atoms with Gasteiger partial charge in [0.25, 0.3) is 0 Å². The fraction of sp³-hybridized carbons (Fsp3) is 0.476. The van der Waals surface area contributed by atoms with Gasteiger partial charge in [-0.2, -0.15) is 5.10 Å². The average molecular weight is 387 g/mol. The first-order valence-corrected chi connectivity index (χ1v) is 9.57. The molecule has 150 valence electrons. The van der Waals surface area contributed by atoms with Crippen molar-refractivity contribution in [2.24, 2.45) is 0 Å². The molecule has 0 unspecified atom stereocenters. The van der Waals surface area contributed by atoms with Crippen molar-refractivity contribution in [1.29, 1.82) is 0 Å². The molecule has 28 heavy (non-hydrogen) atoms. The van der Waals surface area contributed by atoms with Gasteiger partial charge in [0.05, 0.1) is 17.8 Å². The van der Waals surface area contributed by atoms with Crippen LogP contribution in [0.1, 0.15) is 49.1 Å². The van der Waals surface area contributed by atoms with E-state index in [1.54, 1.807) is 23.9 Å². The number of carboxylic acids is 1. The first kappa shape index (κ1) is 20.0. The number of halogens is 1. The van der Waals surface area contributed by atoms with Gasteiger partial charge in [-0.15, -0.1) is 0 Å². The van der Waals surface area contributed by atoms with E-state index in [1.165, 1.54) is 17.0 Å². The molecule has 1 amide bonds. The maximum Gasteiger partial charge on any atom is 0.329 e. The zero-order valence-electron chi connectivity index (χ0n) is 16.5. The molecule has 0 saturated heterocycles. The second-order valence-corrected chi connectivity index (χ2v) is 7.56. The molecular formula is C21H26FN3O3. The lowest BCUT2D eigenvalue weighted by Gasteiger charge is -2.41. The molecule has 1 N–H and O–H groups in total. The van der Waals surface area contributed by atoms with E-state index in [0.717, 1.165) is 30.5 Å². The number of nitrogens with zero attached hydrogens (tertiary/aromatic N) is 3. The van der Waals surface area contributed by atoms with Crippen molar-refractivity contribution >= 4 is 11.9 Å². The normalized spacial score (nSPS) is 16.0. The van der Waals surface area contributed by atoms with Gasteiger partial charge in [0.2, 0.25) is 5.91 Å². The molecule has 1 aromatic carbocycles. The Bertz CT molecular complexity index is 883. The Morgan fingerprint density at radius 2 is 1.79 bits per heavy atom. The summed E-state index contributed by atoms with van der Waals surface area (Å²) in [6, 6.07) is 6.00. The highest BCUT2D eigenvalue weighted by molar-refractivity contribution is 5.88. The second-order valence-electron chi connectivity index (χ2n) is 7.56. The molecule has 0 spiro atoms. The van der Waals surface area contributed by atoms with Crippen molar-refractivity contribution in [3.05, 3.63) is 47.0 Å². The summed E-state index contributed by atoms with van der Waals surface area (Å²) in [5.74, 6) is -1.48. The van der Waals surface area contributed by atoms with Crippen LogP contribution in [-0.4, -0.2) is 44.3 Å². The standard InChI is InChI=1S/C21H26FN3O3/c1-14-18(15(2)25(23-14)17-9-7-16(22)8-10-17)13-19(26)24(3)21(20(27)28)11-5-4-6-12-21/h7-10H,4-6,11-13H2,1-3H3,(H,27,28). The molecule has 0 bridgehead atoms. The van der Waals surface area contributed by atoms with Crippen LogP contribution in [0.15, 0.2) is 24.3 Å².